The van der Waals surface area contributed by atoms with Crippen LogP contribution in [0.3, 0.4) is 0 Å². The lowest BCUT2D eigenvalue weighted by Gasteiger charge is -2.18. The molecule has 8 nitrogen and oxygen atoms in total. The molecule has 4 rings (SSSR count). The van der Waals surface area contributed by atoms with Crippen molar-refractivity contribution in [3.63, 3.8) is 0 Å². The molecule has 174 valence electrons. The van der Waals surface area contributed by atoms with Gasteiger partial charge in [0.25, 0.3) is 10.0 Å². The zero-order valence-corrected chi connectivity index (χ0v) is 19.9. The number of ether oxygens (including phenoxy) is 1. The highest BCUT2D eigenvalue weighted by Gasteiger charge is 2.17. The number of anilines is 4. The summed E-state index contributed by atoms with van der Waals surface area (Å²) >= 11 is 0. The number of aryl methyl sites for hydroxylation is 2. The first kappa shape index (κ1) is 22.8. The van der Waals surface area contributed by atoms with Crippen molar-refractivity contribution in [1.82, 2.24) is 9.97 Å². The molecule has 1 saturated heterocycles. The van der Waals surface area contributed by atoms with Crippen molar-refractivity contribution in [2.24, 2.45) is 0 Å². The Morgan fingerprint density at radius 3 is 2.33 bits per heavy atom. The molecule has 2 aromatic carbocycles. The average Bonchev–Trinajstić information content (AvgIpc) is 3.31. The highest BCUT2D eigenvalue weighted by Crippen LogP contribution is 2.26. The van der Waals surface area contributed by atoms with Crippen molar-refractivity contribution < 1.29 is 13.2 Å². The van der Waals surface area contributed by atoms with E-state index >= 15 is 0 Å². The van der Waals surface area contributed by atoms with Crippen LogP contribution in [0.25, 0.3) is 0 Å². The lowest BCUT2D eigenvalue weighted by atomic mass is 10.2. The van der Waals surface area contributed by atoms with E-state index in [0.717, 1.165) is 30.2 Å². The van der Waals surface area contributed by atoms with Gasteiger partial charge in [-0.2, -0.15) is 0 Å². The zero-order chi connectivity index (χ0) is 23.4. The van der Waals surface area contributed by atoms with Crippen molar-refractivity contribution in [1.29, 1.82) is 0 Å². The van der Waals surface area contributed by atoms with Crippen LogP contribution in [0, 0.1) is 13.8 Å². The van der Waals surface area contributed by atoms with E-state index in [1.54, 1.807) is 30.3 Å². The Kier molecular flexibility index (Phi) is 6.69. The van der Waals surface area contributed by atoms with Crippen molar-refractivity contribution in [3.8, 4) is 5.75 Å². The third-order valence-corrected chi connectivity index (χ3v) is 6.80. The number of nitrogens with zero attached hydrogens (tertiary/aromatic N) is 3. The number of benzene rings is 2. The molecule has 2 heterocycles. The van der Waals surface area contributed by atoms with E-state index in [2.05, 4.69) is 24.9 Å². The van der Waals surface area contributed by atoms with E-state index < -0.39 is 10.0 Å². The van der Waals surface area contributed by atoms with Crippen LogP contribution in [0.1, 0.15) is 31.2 Å². The maximum Gasteiger partial charge on any atom is 0.261 e. The molecule has 9 heteroatoms. The molecule has 0 unspecified atom stereocenters. The van der Waals surface area contributed by atoms with Gasteiger partial charge in [-0.05, 0) is 81.6 Å². The maximum absolute atomic E-state index is 12.8. The molecule has 0 aliphatic carbocycles. The Morgan fingerprint density at radius 2 is 1.67 bits per heavy atom. The number of hydrogen-bond donors (Lipinski definition) is 2. The monoisotopic (exact) mass is 467 g/mol. The van der Waals surface area contributed by atoms with Gasteiger partial charge in [0.15, 0.2) is 0 Å². The van der Waals surface area contributed by atoms with Crippen LogP contribution in [0.2, 0.25) is 0 Å². The molecule has 0 radical (unpaired) electrons. The number of nitrogens with one attached hydrogen (secondary N) is 2. The lowest BCUT2D eigenvalue weighted by Crippen LogP contribution is -2.19. The second-order valence-electron chi connectivity index (χ2n) is 8.02. The summed E-state index contributed by atoms with van der Waals surface area (Å²) in [6, 6.07) is 13.9. The SMILES string of the molecule is CCOc1ccc(S(=O)(=O)Nc2ccc(Nc3cc(N4CCCC4)nc(C)n3)cc2)cc1C. The van der Waals surface area contributed by atoms with Gasteiger partial charge in [0.05, 0.1) is 11.5 Å². The van der Waals surface area contributed by atoms with Gasteiger partial charge in [0, 0.05) is 30.5 Å². The predicted octanol–water partition coefficient (Wildman–Crippen LogP) is 4.64. The van der Waals surface area contributed by atoms with Crippen LogP contribution >= 0.6 is 0 Å². The lowest BCUT2D eigenvalue weighted by molar-refractivity contribution is 0.337. The van der Waals surface area contributed by atoms with Crippen LogP contribution in [0.15, 0.2) is 53.4 Å². The minimum Gasteiger partial charge on any atom is -0.494 e. The van der Waals surface area contributed by atoms with Gasteiger partial charge in [-0.25, -0.2) is 18.4 Å². The molecule has 0 amide bonds. The fraction of sp³-hybridized carbons (Fsp3) is 0.333. The Balaban J connectivity index is 1.46. The molecule has 3 aromatic rings. The molecule has 33 heavy (non-hydrogen) atoms. The topological polar surface area (TPSA) is 96.5 Å². The van der Waals surface area contributed by atoms with Gasteiger partial charge in [0.1, 0.15) is 23.2 Å². The largest absolute Gasteiger partial charge is 0.494 e. The van der Waals surface area contributed by atoms with Crippen molar-refractivity contribution >= 4 is 33.0 Å². The number of aromatic nitrogens is 2. The third-order valence-electron chi connectivity index (χ3n) is 5.42. The van der Waals surface area contributed by atoms with Gasteiger partial charge in [0.2, 0.25) is 0 Å². The minimum atomic E-state index is -3.71. The first-order valence-electron chi connectivity index (χ1n) is 11.1. The summed E-state index contributed by atoms with van der Waals surface area (Å²) in [7, 11) is -3.71. The fourth-order valence-corrected chi connectivity index (χ4v) is 4.96. The smallest absolute Gasteiger partial charge is 0.261 e. The highest BCUT2D eigenvalue weighted by molar-refractivity contribution is 7.92. The Labute approximate surface area is 195 Å². The highest BCUT2D eigenvalue weighted by atomic mass is 32.2. The van der Waals surface area contributed by atoms with Gasteiger partial charge in [-0.3, -0.25) is 4.72 Å². The summed E-state index contributed by atoms with van der Waals surface area (Å²) in [5, 5.41) is 3.29. The molecule has 0 bridgehead atoms. The minimum absolute atomic E-state index is 0.191. The first-order chi connectivity index (χ1) is 15.8. The van der Waals surface area contributed by atoms with Crippen molar-refractivity contribution in [3.05, 3.63) is 59.9 Å². The van der Waals surface area contributed by atoms with E-state index in [4.69, 9.17) is 4.74 Å². The van der Waals surface area contributed by atoms with Crippen LogP contribution in [0.4, 0.5) is 23.0 Å². The van der Waals surface area contributed by atoms with Gasteiger partial charge in [-0.15, -0.1) is 0 Å². The summed E-state index contributed by atoms with van der Waals surface area (Å²) in [6.07, 6.45) is 2.36. The first-order valence-corrected chi connectivity index (χ1v) is 12.6. The fourth-order valence-electron chi connectivity index (χ4n) is 3.81. The molecule has 0 saturated carbocycles. The van der Waals surface area contributed by atoms with Crippen molar-refractivity contribution in [2.45, 2.75) is 38.5 Å². The van der Waals surface area contributed by atoms with Crippen LogP contribution < -0.4 is 19.7 Å². The van der Waals surface area contributed by atoms with Crippen molar-refractivity contribution in [2.75, 3.05) is 34.6 Å². The maximum atomic E-state index is 12.8. The van der Waals surface area contributed by atoms with E-state index in [1.807, 2.05) is 39.0 Å². The Morgan fingerprint density at radius 1 is 0.970 bits per heavy atom. The molecular weight excluding hydrogens is 438 g/mol. The zero-order valence-electron chi connectivity index (χ0n) is 19.1. The predicted molar refractivity (Wildman–Crippen MR) is 131 cm³/mol. The Hall–Kier alpha value is -3.33. The summed E-state index contributed by atoms with van der Waals surface area (Å²) < 4.78 is 33.7. The van der Waals surface area contributed by atoms with E-state index in [9.17, 15) is 8.42 Å². The summed E-state index contributed by atoms with van der Waals surface area (Å²) in [5.41, 5.74) is 2.05. The normalized spacial score (nSPS) is 13.7. The molecule has 1 aliphatic rings. The van der Waals surface area contributed by atoms with Crippen LogP contribution in [-0.2, 0) is 10.0 Å². The number of sulfonamides is 1. The van der Waals surface area contributed by atoms with Gasteiger partial charge >= 0.3 is 0 Å². The number of hydrogen-bond acceptors (Lipinski definition) is 7. The van der Waals surface area contributed by atoms with E-state index in [-0.39, 0.29) is 4.90 Å². The summed E-state index contributed by atoms with van der Waals surface area (Å²) in [4.78, 5) is 11.5. The standard InChI is InChI=1S/C24H29N5O3S/c1-4-32-22-12-11-21(15-17(22)2)33(30,31)28-20-9-7-19(8-10-20)27-23-16-24(26-18(3)25-23)29-13-5-6-14-29/h7-12,15-16,28H,4-6,13-14H2,1-3H3,(H,25,26,27). The van der Waals surface area contributed by atoms with Gasteiger partial charge < -0.3 is 15.0 Å². The average molecular weight is 468 g/mol. The van der Waals surface area contributed by atoms with E-state index in [1.165, 1.54) is 12.8 Å². The second-order valence-corrected chi connectivity index (χ2v) is 9.70. The van der Waals surface area contributed by atoms with E-state index in [0.29, 0.717) is 29.7 Å². The second kappa shape index (κ2) is 9.66. The number of rotatable bonds is 8. The molecular formula is C24H29N5O3S. The summed E-state index contributed by atoms with van der Waals surface area (Å²) in [6.45, 7) is 8.15. The Bertz CT molecular complexity index is 1220. The third kappa shape index (κ3) is 5.54. The quantitative estimate of drug-likeness (QED) is 0.498. The molecule has 0 atom stereocenters. The molecule has 1 fully saturated rings. The van der Waals surface area contributed by atoms with Crippen LogP contribution in [-0.4, -0.2) is 38.1 Å². The molecule has 1 aliphatic heterocycles. The molecule has 2 N–H and O–H groups in total. The summed E-state index contributed by atoms with van der Waals surface area (Å²) in [5.74, 6) is 3.02. The molecule has 0 spiro atoms. The van der Waals surface area contributed by atoms with Crippen LogP contribution in [0.5, 0.6) is 5.75 Å². The molecule has 1 aromatic heterocycles. The van der Waals surface area contributed by atoms with Gasteiger partial charge in [-0.1, -0.05) is 0 Å².